The molecule has 0 atom stereocenters. The highest BCUT2D eigenvalue weighted by atomic mass is 35.5. The predicted molar refractivity (Wildman–Crippen MR) is 98.5 cm³/mol. The molecule has 0 unspecified atom stereocenters. The molecular formula is C17H12Cl2N2OS. The Balaban J connectivity index is 1.72. The second kappa shape index (κ2) is 6.71. The van der Waals surface area contributed by atoms with Crippen LogP contribution in [0.25, 0.3) is 16.3 Å². The maximum atomic E-state index is 12.0. The van der Waals surface area contributed by atoms with Crippen molar-refractivity contribution in [1.29, 1.82) is 0 Å². The molecule has 6 heteroatoms. The molecular weight excluding hydrogens is 351 g/mol. The predicted octanol–water partition coefficient (Wildman–Crippen LogP) is 5.56. The van der Waals surface area contributed by atoms with Crippen molar-refractivity contribution >= 4 is 62.4 Å². The molecule has 1 N–H and O–H groups in total. The summed E-state index contributed by atoms with van der Waals surface area (Å²) >= 11 is 13.4. The number of hydrogen-bond donors (Lipinski definition) is 1. The third-order valence-electron chi connectivity index (χ3n) is 3.13. The van der Waals surface area contributed by atoms with Crippen LogP contribution >= 0.6 is 34.5 Å². The van der Waals surface area contributed by atoms with Crippen LogP contribution in [-0.2, 0) is 4.79 Å². The molecule has 2 aromatic carbocycles. The lowest BCUT2D eigenvalue weighted by Gasteiger charge is -2.02. The Morgan fingerprint density at radius 3 is 2.78 bits per heavy atom. The molecule has 23 heavy (non-hydrogen) atoms. The molecule has 3 nitrogen and oxygen atoms in total. The number of anilines is 1. The topological polar surface area (TPSA) is 42.0 Å². The van der Waals surface area contributed by atoms with E-state index in [0.717, 1.165) is 26.5 Å². The second-order valence-corrected chi connectivity index (χ2v) is 6.96. The highest BCUT2D eigenvalue weighted by Crippen LogP contribution is 2.25. The van der Waals surface area contributed by atoms with Crippen LogP contribution in [0.15, 0.2) is 42.5 Å². The van der Waals surface area contributed by atoms with Gasteiger partial charge in [0.2, 0.25) is 5.91 Å². The number of nitrogens with one attached hydrogen (secondary N) is 1. The van der Waals surface area contributed by atoms with E-state index < -0.39 is 0 Å². The quantitative estimate of drug-likeness (QED) is 0.619. The number of amides is 1. The molecule has 1 heterocycles. The summed E-state index contributed by atoms with van der Waals surface area (Å²) in [5.41, 5.74) is 2.49. The molecule has 1 aromatic heterocycles. The summed E-state index contributed by atoms with van der Waals surface area (Å²) < 4.78 is 1.05. The number of aromatic nitrogens is 1. The van der Waals surface area contributed by atoms with E-state index in [1.807, 2.05) is 25.1 Å². The van der Waals surface area contributed by atoms with E-state index in [1.165, 1.54) is 6.08 Å². The van der Waals surface area contributed by atoms with Crippen molar-refractivity contribution in [3.63, 3.8) is 0 Å². The van der Waals surface area contributed by atoms with Gasteiger partial charge in [0, 0.05) is 11.8 Å². The molecule has 1 amide bonds. The summed E-state index contributed by atoms with van der Waals surface area (Å²) in [4.78, 5) is 16.4. The fourth-order valence-electron chi connectivity index (χ4n) is 2.09. The van der Waals surface area contributed by atoms with E-state index in [0.29, 0.717) is 10.0 Å². The number of nitrogens with zero attached hydrogens (tertiary/aromatic N) is 1. The van der Waals surface area contributed by atoms with Crippen LogP contribution in [0.4, 0.5) is 5.69 Å². The summed E-state index contributed by atoms with van der Waals surface area (Å²) in [5.74, 6) is -0.211. The van der Waals surface area contributed by atoms with Gasteiger partial charge in [0.25, 0.3) is 0 Å². The first-order valence-corrected chi connectivity index (χ1v) is 8.40. The number of benzene rings is 2. The maximum absolute atomic E-state index is 12.0. The van der Waals surface area contributed by atoms with Gasteiger partial charge in [0.15, 0.2) is 0 Å². The minimum atomic E-state index is -0.211. The Morgan fingerprint density at radius 1 is 1.17 bits per heavy atom. The molecule has 3 aromatic rings. The molecule has 0 aliphatic rings. The van der Waals surface area contributed by atoms with Crippen LogP contribution < -0.4 is 5.32 Å². The standard InChI is InChI=1S/C17H12Cl2N2OS/c1-10-20-15-6-4-12(9-16(15)23-10)21-17(22)7-3-11-2-5-13(18)14(19)8-11/h2-9H,1H3,(H,21,22)/b7-3+. The van der Waals surface area contributed by atoms with E-state index in [1.54, 1.807) is 35.6 Å². The van der Waals surface area contributed by atoms with Crippen LogP contribution in [-0.4, -0.2) is 10.9 Å². The van der Waals surface area contributed by atoms with Crippen molar-refractivity contribution in [2.75, 3.05) is 5.32 Å². The number of carbonyl (C=O) groups excluding carboxylic acids is 1. The van der Waals surface area contributed by atoms with Crippen molar-refractivity contribution in [2.45, 2.75) is 6.92 Å². The Bertz CT molecular complexity index is 918. The summed E-state index contributed by atoms with van der Waals surface area (Å²) in [6.45, 7) is 1.96. The number of thiazole rings is 1. The largest absolute Gasteiger partial charge is 0.322 e. The molecule has 0 saturated heterocycles. The highest BCUT2D eigenvalue weighted by molar-refractivity contribution is 7.18. The Hall–Kier alpha value is -1.88. The molecule has 0 radical (unpaired) electrons. The van der Waals surface area contributed by atoms with E-state index in [2.05, 4.69) is 10.3 Å². The number of rotatable bonds is 3. The van der Waals surface area contributed by atoms with Gasteiger partial charge in [-0.15, -0.1) is 11.3 Å². The summed E-state index contributed by atoms with van der Waals surface area (Å²) in [5, 5.41) is 4.78. The normalized spacial score (nSPS) is 11.3. The summed E-state index contributed by atoms with van der Waals surface area (Å²) in [7, 11) is 0. The number of fused-ring (bicyclic) bond motifs is 1. The first kappa shape index (κ1) is 16.0. The Labute approximate surface area is 147 Å². The van der Waals surface area contributed by atoms with Crippen LogP contribution in [0, 0.1) is 6.92 Å². The van der Waals surface area contributed by atoms with Gasteiger partial charge in [-0.1, -0.05) is 29.3 Å². The van der Waals surface area contributed by atoms with Gasteiger partial charge in [0.1, 0.15) is 0 Å². The maximum Gasteiger partial charge on any atom is 0.248 e. The van der Waals surface area contributed by atoms with Gasteiger partial charge in [-0.25, -0.2) is 4.98 Å². The van der Waals surface area contributed by atoms with Gasteiger partial charge in [0.05, 0.1) is 25.3 Å². The number of halogens is 2. The highest BCUT2D eigenvalue weighted by Gasteiger charge is 2.04. The molecule has 0 aliphatic heterocycles. The molecule has 0 spiro atoms. The van der Waals surface area contributed by atoms with Crippen molar-refractivity contribution in [3.8, 4) is 0 Å². The summed E-state index contributed by atoms with van der Waals surface area (Å²) in [6, 6.07) is 10.9. The van der Waals surface area contributed by atoms with Crippen molar-refractivity contribution in [2.24, 2.45) is 0 Å². The lowest BCUT2D eigenvalue weighted by molar-refractivity contribution is -0.111. The van der Waals surface area contributed by atoms with Crippen LogP contribution in [0.1, 0.15) is 10.6 Å². The molecule has 0 fully saturated rings. The monoisotopic (exact) mass is 362 g/mol. The average Bonchev–Trinajstić information content (AvgIpc) is 2.88. The van der Waals surface area contributed by atoms with Gasteiger partial charge in [-0.05, 0) is 48.9 Å². The zero-order valence-corrected chi connectivity index (χ0v) is 14.5. The Kier molecular flexibility index (Phi) is 4.66. The van der Waals surface area contributed by atoms with Crippen LogP contribution in [0.5, 0.6) is 0 Å². The van der Waals surface area contributed by atoms with Crippen molar-refractivity contribution < 1.29 is 4.79 Å². The van der Waals surface area contributed by atoms with Crippen molar-refractivity contribution in [1.82, 2.24) is 4.98 Å². The lowest BCUT2D eigenvalue weighted by Crippen LogP contribution is -2.07. The Morgan fingerprint density at radius 2 is 2.00 bits per heavy atom. The smallest absolute Gasteiger partial charge is 0.248 e. The third-order valence-corrected chi connectivity index (χ3v) is 4.81. The van der Waals surface area contributed by atoms with E-state index in [4.69, 9.17) is 23.2 Å². The number of carbonyl (C=O) groups is 1. The minimum Gasteiger partial charge on any atom is -0.322 e. The zero-order chi connectivity index (χ0) is 16.4. The lowest BCUT2D eigenvalue weighted by atomic mass is 10.2. The van der Waals surface area contributed by atoms with Crippen LogP contribution in [0.2, 0.25) is 10.0 Å². The second-order valence-electron chi connectivity index (χ2n) is 4.91. The molecule has 3 rings (SSSR count). The molecule has 0 saturated carbocycles. The van der Waals surface area contributed by atoms with E-state index >= 15 is 0 Å². The zero-order valence-electron chi connectivity index (χ0n) is 12.1. The molecule has 0 aliphatic carbocycles. The van der Waals surface area contributed by atoms with Crippen molar-refractivity contribution in [3.05, 3.63) is 63.1 Å². The minimum absolute atomic E-state index is 0.211. The fourth-order valence-corrected chi connectivity index (χ4v) is 3.26. The van der Waals surface area contributed by atoms with Gasteiger partial charge >= 0.3 is 0 Å². The SMILES string of the molecule is Cc1nc2ccc(NC(=O)/C=C/c3ccc(Cl)c(Cl)c3)cc2s1. The van der Waals surface area contributed by atoms with Gasteiger partial charge < -0.3 is 5.32 Å². The average molecular weight is 363 g/mol. The van der Waals surface area contributed by atoms with E-state index in [9.17, 15) is 4.79 Å². The molecule has 0 bridgehead atoms. The summed E-state index contributed by atoms with van der Waals surface area (Å²) in [6.07, 6.45) is 3.15. The van der Waals surface area contributed by atoms with Gasteiger partial charge in [-0.2, -0.15) is 0 Å². The number of aryl methyl sites for hydroxylation is 1. The molecule has 116 valence electrons. The van der Waals surface area contributed by atoms with E-state index in [-0.39, 0.29) is 5.91 Å². The first-order valence-electron chi connectivity index (χ1n) is 6.82. The number of hydrogen-bond acceptors (Lipinski definition) is 3. The van der Waals surface area contributed by atoms with Gasteiger partial charge in [-0.3, -0.25) is 4.79 Å². The first-order chi connectivity index (χ1) is 11.0. The van der Waals surface area contributed by atoms with Crippen LogP contribution in [0.3, 0.4) is 0 Å². The fraction of sp³-hybridized carbons (Fsp3) is 0.0588. The third kappa shape index (κ3) is 3.91.